The second-order valence-electron chi connectivity index (χ2n) is 5.70. The number of aryl methyl sites for hydroxylation is 1. The smallest absolute Gasteiger partial charge is 0.270 e. The van der Waals surface area contributed by atoms with E-state index in [2.05, 4.69) is 30.5 Å². The Balaban J connectivity index is 1.85. The van der Waals surface area contributed by atoms with Gasteiger partial charge in [-0.25, -0.2) is 9.97 Å². The molecule has 0 radical (unpaired) electrons. The second-order valence-corrected chi connectivity index (χ2v) is 6.11. The minimum absolute atomic E-state index is 0.0981. The van der Waals surface area contributed by atoms with Gasteiger partial charge < -0.3 is 5.32 Å². The summed E-state index contributed by atoms with van der Waals surface area (Å²) in [7, 11) is 0. The molecule has 2 N–H and O–H groups in total. The van der Waals surface area contributed by atoms with Gasteiger partial charge in [-0.1, -0.05) is 23.7 Å². The molecule has 0 atom stereocenters. The van der Waals surface area contributed by atoms with Gasteiger partial charge in [-0.05, 0) is 25.1 Å². The highest BCUT2D eigenvalue weighted by Gasteiger charge is 2.16. The van der Waals surface area contributed by atoms with Gasteiger partial charge in [0.25, 0.3) is 5.69 Å². The molecule has 0 aliphatic carbocycles. The van der Waals surface area contributed by atoms with Crippen LogP contribution in [-0.4, -0.2) is 30.1 Å². The fraction of sp³-hybridized carbons (Fsp3) is 0.0588. The number of nitro benzene ring substituents is 1. The topological polar surface area (TPSA) is 123 Å². The Morgan fingerprint density at radius 1 is 1.15 bits per heavy atom. The summed E-state index contributed by atoms with van der Waals surface area (Å²) < 4.78 is 0. The van der Waals surface area contributed by atoms with Gasteiger partial charge in [0.15, 0.2) is 5.82 Å². The SMILES string of the molecule is Cc1nc(Nc2nc(-c3ccc([N+](=O)[O-])cc3Cl)nc3ccccc23)n[nH]1. The van der Waals surface area contributed by atoms with Crippen LogP contribution in [0.4, 0.5) is 17.5 Å². The molecule has 4 aromatic rings. The number of nitrogens with one attached hydrogen (secondary N) is 2. The molecule has 0 aliphatic rings. The van der Waals surface area contributed by atoms with E-state index in [-0.39, 0.29) is 10.7 Å². The van der Waals surface area contributed by atoms with Crippen molar-refractivity contribution in [2.24, 2.45) is 0 Å². The molecule has 0 fully saturated rings. The number of benzene rings is 2. The summed E-state index contributed by atoms with van der Waals surface area (Å²) in [6, 6.07) is 11.6. The Morgan fingerprint density at radius 3 is 2.67 bits per heavy atom. The average molecular weight is 382 g/mol. The van der Waals surface area contributed by atoms with Gasteiger partial charge in [0.05, 0.1) is 15.5 Å². The van der Waals surface area contributed by atoms with E-state index in [9.17, 15) is 10.1 Å². The van der Waals surface area contributed by atoms with Gasteiger partial charge in [-0.2, -0.15) is 4.98 Å². The number of hydrogen-bond acceptors (Lipinski definition) is 7. The number of nitrogens with zero attached hydrogens (tertiary/aromatic N) is 5. The van der Waals surface area contributed by atoms with Crippen LogP contribution >= 0.6 is 11.6 Å². The predicted molar refractivity (Wildman–Crippen MR) is 101 cm³/mol. The normalized spacial score (nSPS) is 10.9. The predicted octanol–water partition coefficient (Wildman–Crippen LogP) is 4.03. The highest BCUT2D eigenvalue weighted by Crippen LogP contribution is 2.32. The van der Waals surface area contributed by atoms with Crippen molar-refractivity contribution in [3.05, 3.63) is 63.4 Å². The zero-order valence-corrected chi connectivity index (χ0v) is 14.7. The van der Waals surface area contributed by atoms with Crippen LogP contribution in [0.1, 0.15) is 5.82 Å². The third kappa shape index (κ3) is 3.27. The summed E-state index contributed by atoms with van der Waals surface area (Å²) in [5.74, 6) is 1.87. The van der Waals surface area contributed by atoms with E-state index < -0.39 is 4.92 Å². The molecule has 9 nitrogen and oxygen atoms in total. The molecule has 0 unspecified atom stereocenters. The highest BCUT2D eigenvalue weighted by atomic mass is 35.5. The molecule has 27 heavy (non-hydrogen) atoms. The summed E-state index contributed by atoms with van der Waals surface area (Å²) in [6.07, 6.45) is 0. The quantitative estimate of drug-likeness (QED) is 0.404. The molecule has 2 aromatic heterocycles. The van der Waals surface area contributed by atoms with Crippen LogP contribution in [0.25, 0.3) is 22.3 Å². The molecule has 0 amide bonds. The van der Waals surface area contributed by atoms with Crippen molar-refractivity contribution in [2.45, 2.75) is 6.92 Å². The summed E-state index contributed by atoms with van der Waals surface area (Å²) >= 11 is 6.24. The number of para-hydroxylation sites is 1. The number of aromatic amines is 1. The molecule has 0 saturated carbocycles. The van der Waals surface area contributed by atoms with Crippen LogP contribution in [0, 0.1) is 17.0 Å². The highest BCUT2D eigenvalue weighted by molar-refractivity contribution is 6.33. The first-order valence-corrected chi connectivity index (χ1v) is 8.26. The van der Waals surface area contributed by atoms with E-state index in [4.69, 9.17) is 11.6 Å². The summed E-state index contributed by atoms with van der Waals surface area (Å²) in [5, 5.41) is 21.8. The lowest BCUT2D eigenvalue weighted by Gasteiger charge is -2.10. The van der Waals surface area contributed by atoms with E-state index in [1.54, 1.807) is 6.92 Å². The van der Waals surface area contributed by atoms with E-state index in [1.807, 2.05) is 24.3 Å². The van der Waals surface area contributed by atoms with Crippen molar-refractivity contribution in [3.63, 3.8) is 0 Å². The van der Waals surface area contributed by atoms with Crippen molar-refractivity contribution >= 4 is 40.0 Å². The molecule has 134 valence electrons. The molecule has 4 rings (SSSR count). The van der Waals surface area contributed by atoms with Gasteiger partial charge >= 0.3 is 0 Å². The maximum Gasteiger partial charge on any atom is 0.270 e. The van der Waals surface area contributed by atoms with Crippen molar-refractivity contribution in [1.82, 2.24) is 25.1 Å². The third-order valence-corrected chi connectivity index (χ3v) is 4.15. The summed E-state index contributed by atoms with van der Waals surface area (Å²) in [6.45, 7) is 1.79. The van der Waals surface area contributed by atoms with Crippen LogP contribution in [0.3, 0.4) is 0 Å². The lowest BCUT2D eigenvalue weighted by Crippen LogP contribution is -2.01. The molecule has 2 heterocycles. The molecule has 10 heteroatoms. The lowest BCUT2D eigenvalue weighted by molar-refractivity contribution is -0.384. The fourth-order valence-corrected chi connectivity index (χ4v) is 2.86. The lowest BCUT2D eigenvalue weighted by atomic mass is 10.1. The zero-order valence-electron chi connectivity index (χ0n) is 14.0. The van der Waals surface area contributed by atoms with Crippen LogP contribution in [0.15, 0.2) is 42.5 Å². The number of halogens is 1. The van der Waals surface area contributed by atoms with Gasteiger partial charge in [0.2, 0.25) is 5.95 Å². The molecular formula is C17H12ClN7O2. The number of nitro groups is 1. The number of hydrogen-bond donors (Lipinski definition) is 2. The van der Waals surface area contributed by atoms with Crippen LogP contribution in [0.5, 0.6) is 0 Å². The van der Waals surface area contributed by atoms with Crippen molar-refractivity contribution in [1.29, 1.82) is 0 Å². The molecule has 0 bridgehead atoms. The van der Waals surface area contributed by atoms with Gasteiger partial charge in [0.1, 0.15) is 11.6 Å². The number of non-ortho nitro benzene ring substituents is 1. The van der Waals surface area contributed by atoms with Crippen molar-refractivity contribution < 1.29 is 4.92 Å². The Labute approximate surface area is 157 Å². The summed E-state index contributed by atoms with van der Waals surface area (Å²) in [4.78, 5) is 23.7. The Bertz CT molecular complexity index is 1180. The Hall–Kier alpha value is -3.59. The average Bonchev–Trinajstić information content (AvgIpc) is 3.06. The molecule has 0 saturated heterocycles. The van der Waals surface area contributed by atoms with Crippen LogP contribution in [0.2, 0.25) is 5.02 Å². The number of H-pyrrole nitrogens is 1. The Morgan fingerprint density at radius 2 is 1.96 bits per heavy atom. The van der Waals surface area contributed by atoms with E-state index in [0.29, 0.717) is 34.5 Å². The summed E-state index contributed by atoms with van der Waals surface area (Å²) in [5.41, 5.74) is 1.08. The minimum Gasteiger partial charge on any atom is -0.307 e. The van der Waals surface area contributed by atoms with E-state index in [0.717, 1.165) is 5.39 Å². The van der Waals surface area contributed by atoms with E-state index >= 15 is 0 Å². The maximum absolute atomic E-state index is 10.9. The van der Waals surface area contributed by atoms with Crippen molar-refractivity contribution in [3.8, 4) is 11.4 Å². The van der Waals surface area contributed by atoms with Crippen LogP contribution < -0.4 is 5.32 Å². The minimum atomic E-state index is -0.504. The van der Waals surface area contributed by atoms with Gasteiger partial charge in [-0.15, -0.1) is 5.10 Å². The number of rotatable bonds is 4. The van der Waals surface area contributed by atoms with Gasteiger partial charge in [0, 0.05) is 23.1 Å². The maximum atomic E-state index is 10.9. The van der Waals surface area contributed by atoms with Crippen LogP contribution in [-0.2, 0) is 0 Å². The first-order valence-electron chi connectivity index (χ1n) is 7.88. The van der Waals surface area contributed by atoms with Gasteiger partial charge in [-0.3, -0.25) is 15.2 Å². The zero-order chi connectivity index (χ0) is 19.0. The van der Waals surface area contributed by atoms with E-state index in [1.165, 1.54) is 18.2 Å². The number of anilines is 2. The third-order valence-electron chi connectivity index (χ3n) is 3.84. The number of aromatic nitrogens is 5. The molecule has 2 aromatic carbocycles. The Kier molecular flexibility index (Phi) is 4.13. The molecule has 0 spiro atoms. The number of fused-ring (bicyclic) bond motifs is 1. The first-order chi connectivity index (χ1) is 13.0. The second kappa shape index (κ2) is 6.61. The van der Waals surface area contributed by atoms with Crippen molar-refractivity contribution in [2.75, 3.05) is 5.32 Å². The first kappa shape index (κ1) is 16.9. The largest absolute Gasteiger partial charge is 0.307 e. The fourth-order valence-electron chi connectivity index (χ4n) is 2.60. The molecule has 0 aliphatic heterocycles. The molecular weight excluding hydrogens is 370 g/mol. The standard InChI is InChI=1S/C17H12ClN7O2/c1-9-19-17(24-23-9)22-16-12-4-2-3-5-14(12)20-15(21-16)11-7-6-10(25(26)27)8-13(11)18/h2-8H,1H3,(H2,19,20,21,22,23,24). The monoisotopic (exact) mass is 381 g/mol.